The first-order valence-corrected chi connectivity index (χ1v) is 5.21. The third-order valence-corrected chi connectivity index (χ3v) is 3.21. The van der Waals surface area contributed by atoms with E-state index in [1.165, 1.54) is 13.8 Å². The first-order valence-electron chi connectivity index (χ1n) is 5.21. The van der Waals surface area contributed by atoms with Gasteiger partial charge in [-0.15, -0.1) is 0 Å². The number of alkyl halides is 1. The Morgan fingerprint density at radius 3 is 2.86 bits per heavy atom. The summed E-state index contributed by atoms with van der Waals surface area (Å²) in [6, 6.07) is 0.234. The van der Waals surface area contributed by atoms with Crippen molar-refractivity contribution < 1.29 is 9.18 Å². The molecule has 0 saturated carbocycles. The summed E-state index contributed by atoms with van der Waals surface area (Å²) >= 11 is 0. The Labute approximate surface area is 83.6 Å². The summed E-state index contributed by atoms with van der Waals surface area (Å²) in [6.45, 7) is 5.20. The highest BCUT2D eigenvalue weighted by atomic mass is 19.1. The number of nitrogens with one attached hydrogen (secondary N) is 1. The smallest absolute Gasteiger partial charge is 0.259 e. The van der Waals surface area contributed by atoms with Crippen molar-refractivity contribution in [1.29, 1.82) is 0 Å². The van der Waals surface area contributed by atoms with Gasteiger partial charge in [-0.3, -0.25) is 4.79 Å². The molecule has 3 nitrogen and oxygen atoms in total. The molecule has 1 N–H and O–H groups in total. The lowest BCUT2D eigenvalue weighted by atomic mass is 10.0. The molecular weight excluding hydrogens is 183 g/mol. The zero-order valence-electron chi connectivity index (χ0n) is 8.72. The molecular formula is C10H17FN2O. The second kappa shape index (κ2) is 3.19. The average Bonchev–Trinajstić information content (AvgIpc) is 2.59. The van der Waals surface area contributed by atoms with Gasteiger partial charge in [0, 0.05) is 25.7 Å². The predicted molar refractivity (Wildman–Crippen MR) is 51.7 cm³/mol. The van der Waals surface area contributed by atoms with E-state index >= 15 is 0 Å². The van der Waals surface area contributed by atoms with Gasteiger partial charge in [-0.2, -0.15) is 0 Å². The first-order chi connectivity index (χ1) is 6.50. The molecule has 0 bridgehead atoms. The van der Waals surface area contributed by atoms with Gasteiger partial charge < -0.3 is 10.2 Å². The van der Waals surface area contributed by atoms with Gasteiger partial charge in [0.1, 0.15) is 0 Å². The van der Waals surface area contributed by atoms with E-state index in [2.05, 4.69) is 5.32 Å². The topological polar surface area (TPSA) is 32.3 Å². The van der Waals surface area contributed by atoms with Crippen LogP contribution in [0.2, 0.25) is 0 Å². The number of amides is 1. The van der Waals surface area contributed by atoms with Crippen LogP contribution in [0, 0.1) is 5.92 Å². The summed E-state index contributed by atoms with van der Waals surface area (Å²) in [5.41, 5.74) is -1.72. The summed E-state index contributed by atoms with van der Waals surface area (Å²) in [6.07, 6.45) is 1.01. The number of carbonyl (C=O) groups is 1. The number of hydrogen-bond acceptors (Lipinski definition) is 2. The Bertz CT molecular complexity index is 249. The molecule has 0 aromatic carbocycles. The molecule has 0 aromatic rings. The van der Waals surface area contributed by atoms with E-state index in [9.17, 15) is 9.18 Å². The van der Waals surface area contributed by atoms with Crippen LogP contribution in [0.25, 0.3) is 0 Å². The molecule has 0 unspecified atom stereocenters. The Morgan fingerprint density at radius 1 is 1.50 bits per heavy atom. The molecule has 2 atom stereocenters. The van der Waals surface area contributed by atoms with E-state index in [1.54, 1.807) is 4.90 Å². The summed E-state index contributed by atoms with van der Waals surface area (Å²) in [4.78, 5) is 13.4. The van der Waals surface area contributed by atoms with E-state index in [0.29, 0.717) is 5.92 Å². The van der Waals surface area contributed by atoms with Crippen LogP contribution in [0.3, 0.4) is 0 Å². The fraction of sp³-hybridized carbons (Fsp3) is 0.900. The minimum atomic E-state index is -1.72. The van der Waals surface area contributed by atoms with Crippen LogP contribution in [-0.4, -0.2) is 42.2 Å². The van der Waals surface area contributed by atoms with Crippen LogP contribution in [0.5, 0.6) is 0 Å². The van der Waals surface area contributed by atoms with Gasteiger partial charge in [-0.05, 0) is 26.2 Å². The number of hydrogen-bond donors (Lipinski definition) is 1. The molecule has 2 heterocycles. The van der Waals surface area contributed by atoms with Crippen molar-refractivity contribution >= 4 is 5.91 Å². The van der Waals surface area contributed by atoms with Gasteiger partial charge in [0.2, 0.25) is 0 Å². The third-order valence-electron chi connectivity index (χ3n) is 3.21. The molecule has 4 heteroatoms. The molecule has 0 spiro atoms. The van der Waals surface area contributed by atoms with Crippen LogP contribution < -0.4 is 5.32 Å². The maximum Gasteiger partial charge on any atom is 0.259 e. The quantitative estimate of drug-likeness (QED) is 0.670. The normalized spacial score (nSPS) is 32.1. The lowest BCUT2D eigenvalue weighted by Crippen LogP contribution is -2.47. The maximum atomic E-state index is 13.5. The van der Waals surface area contributed by atoms with Crippen molar-refractivity contribution in [2.24, 2.45) is 5.92 Å². The van der Waals surface area contributed by atoms with Gasteiger partial charge in [0.25, 0.3) is 5.91 Å². The molecule has 1 amide bonds. The van der Waals surface area contributed by atoms with Crippen LogP contribution >= 0.6 is 0 Å². The lowest BCUT2D eigenvalue weighted by Gasteiger charge is -2.27. The van der Waals surface area contributed by atoms with E-state index in [1.807, 2.05) is 0 Å². The van der Waals surface area contributed by atoms with Gasteiger partial charge >= 0.3 is 0 Å². The summed E-state index contributed by atoms with van der Waals surface area (Å²) in [5.74, 6) is 0.190. The molecule has 80 valence electrons. The monoisotopic (exact) mass is 200 g/mol. The second-order valence-corrected chi connectivity index (χ2v) is 4.75. The van der Waals surface area contributed by atoms with Crippen molar-refractivity contribution in [3.8, 4) is 0 Å². The zero-order valence-corrected chi connectivity index (χ0v) is 8.72. The highest BCUT2D eigenvalue weighted by Crippen LogP contribution is 2.29. The van der Waals surface area contributed by atoms with Gasteiger partial charge in [0.05, 0.1) is 0 Å². The third kappa shape index (κ3) is 1.52. The van der Waals surface area contributed by atoms with E-state index < -0.39 is 5.67 Å². The van der Waals surface area contributed by atoms with Crippen LogP contribution in [0.4, 0.5) is 4.39 Å². The summed E-state index contributed by atoms with van der Waals surface area (Å²) < 4.78 is 13.5. The number of nitrogens with zero attached hydrogens (tertiary/aromatic N) is 1. The van der Waals surface area contributed by atoms with E-state index in [4.69, 9.17) is 0 Å². The highest BCUT2D eigenvalue weighted by molar-refractivity contribution is 5.84. The Balaban J connectivity index is 2.09. The van der Waals surface area contributed by atoms with Crippen LogP contribution in [0.15, 0.2) is 0 Å². The standard InChI is InChI=1S/C10H17FN2O/c1-10(2,11)9(14)13-4-3-7-5-12-6-8(7)13/h7-8,12H,3-6H2,1-2H3/t7-,8+/m1/s1. The lowest BCUT2D eigenvalue weighted by molar-refractivity contribution is -0.142. The number of carbonyl (C=O) groups excluding carboxylic acids is 1. The largest absolute Gasteiger partial charge is 0.335 e. The van der Waals surface area contributed by atoms with Crippen molar-refractivity contribution in [2.75, 3.05) is 19.6 Å². The van der Waals surface area contributed by atoms with Crippen molar-refractivity contribution in [2.45, 2.75) is 32.0 Å². The molecule has 2 aliphatic heterocycles. The van der Waals surface area contributed by atoms with Gasteiger partial charge in [-0.1, -0.05) is 0 Å². The fourth-order valence-corrected chi connectivity index (χ4v) is 2.44. The highest BCUT2D eigenvalue weighted by Gasteiger charge is 2.44. The second-order valence-electron chi connectivity index (χ2n) is 4.75. The maximum absolute atomic E-state index is 13.5. The van der Waals surface area contributed by atoms with E-state index in [-0.39, 0.29) is 11.9 Å². The number of rotatable bonds is 1. The number of halogens is 1. The Kier molecular flexibility index (Phi) is 2.26. The molecule has 0 aromatic heterocycles. The van der Waals surface area contributed by atoms with E-state index in [0.717, 1.165) is 26.1 Å². The average molecular weight is 200 g/mol. The summed E-state index contributed by atoms with van der Waals surface area (Å²) in [7, 11) is 0. The fourth-order valence-electron chi connectivity index (χ4n) is 2.44. The first kappa shape index (κ1) is 9.90. The number of fused-ring (bicyclic) bond motifs is 1. The minimum absolute atomic E-state index is 0.234. The molecule has 2 fully saturated rings. The molecule has 0 radical (unpaired) electrons. The zero-order chi connectivity index (χ0) is 10.3. The predicted octanol–water partition coefficient (Wildman–Crippen LogP) is 0.555. The minimum Gasteiger partial charge on any atom is -0.335 e. The van der Waals surface area contributed by atoms with Crippen LogP contribution in [0.1, 0.15) is 20.3 Å². The van der Waals surface area contributed by atoms with Crippen molar-refractivity contribution in [1.82, 2.24) is 10.2 Å². The molecule has 2 saturated heterocycles. The molecule has 2 aliphatic rings. The van der Waals surface area contributed by atoms with Crippen molar-refractivity contribution in [3.05, 3.63) is 0 Å². The molecule has 2 rings (SSSR count). The van der Waals surface area contributed by atoms with Gasteiger partial charge in [0.15, 0.2) is 5.67 Å². The van der Waals surface area contributed by atoms with Crippen molar-refractivity contribution in [3.63, 3.8) is 0 Å². The SMILES string of the molecule is CC(C)(F)C(=O)N1CC[C@@H]2CNC[C@@H]21. The number of likely N-dealkylation sites (tertiary alicyclic amines) is 1. The molecule has 0 aliphatic carbocycles. The summed E-state index contributed by atoms with van der Waals surface area (Å²) in [5, 5.41) is 3.24. The Hall–Kier alpha value is -0.640. The van der Waals surface area contributed by atoms with Crippen LogP contribution in [-0.2, 0) is 4.79 Å². The van der Waals surface area contributed by atoms with Gasteiger partial charge in [-0.25, -0.2) is 4.39 Å². The molecule has 14 heavy (non-hydrogen) atoms. The Morgan fingerprint density at radius 2 is 2.21 bits per heavy atom.